The van der Waals surface area contributed by atoms with E-state index in [-0.39, 0.29) is 23.0 Å². The third-order valence-electron chi connectivity index (χ3n) is 5.20. The first kappa shape index (κ1) is 22.9. The van der Waals surface area contributed by atoms with E-state index in [0.29, 0.717) is 16.7 Å². The van der Waals surface area contributed by atoms with Crippen molar-refractivity contribution in [2.45, 2.75) is 13.5 Å². The monoisotopic (exact) mass is 473 g/mol. The molecule has 1 N–H and O–H groups in total. The van der Waals surface area contributed by atoms with Gasteiger partial charge in [0.2, 0.25) is 0 Å². The summed E-state index contributed by atoms with van der Waals surface area (Å²) < 4.78 is 0. The highest BCUT2D eigenvalue weighted by Gasteiger charge is 2.35. The lowest BCUT2D eigenvalue weighted by Crippen LogP contribution is -2.27. The fourth-order valence-corrected chi connectivity index (χ4v) is 4.21. The van der Waals surface area contributed by atoms with E-state index in [0.717, 1.165) is 27.9 Å². The number of thioether (sulfide) groups is 1. The predicted octanol–water partition coefficient (Wildman–Crippen LogP) is 5.39. The number of carbonyl (C=O) groups excluding carboxylic acids is 3. The molecule has 1 heterocycles. The molecule has 0 unspecified atom stereocenters. The van der Waals surface area contributed by atoms with E-state index in [9.17, 15) is 24.5 Å². The summed E-state index contributed by atoms with van der Waals surface area (Å²) in [6.07, 6.45) is 1.47. The van der Waals surface area contributed by atoms with Gasteiger partial charge in [-0.3, -0.25) is 29.4 Å². The number of anilines is 1. The molecule has 1 aliphatic rings. The van der Waals surface area contributed by atoms with E-state index in [1.165, 1.54) is 24.3 Å². The quantitative estimate of drug-likeness (QED) is 0.292. The van der Waals surface area contributed by atoms with Gasteiger partial charge in [0.15, 0.2) is 0 Å². The molecular weight excluding hydrogens is 454 g/mol. The minimum absolute atomic E-state index is 0.0522. The van der Waals surface area contributed by atoms with E-state index in [1.54, 1.807) is 30.3 Å². The minimum atomic E-state index is -0.520. The second-order valence-corrected chi connectivity index (χ2v) is 8.58. The number of non-ortho nitro benzene ring substituents is 1. The first-order chi connectivity index (χ1) is 16.3. The van der Waals surface area contributed by atoms with Crippen LogP contribution >= 0.6 is 11.8 Å². The number of hydrogen-bond donors (Lipinski definition) is 1. The zero-order valence-electron chi connectivity index (χ0n) is 18.1. The van der Waals surface area contributed by atoms with Crippen molar-refractivity contribution in [3.63, 3.8) is 0 Å². The molecule has 9 heteroatoms. The van der Waals surface area contributed by atoms with Crippen LogP contribution < -0.4 is 5.32 Å². The van der Waals surface area contributed by atoms with E-state index in [4.69, 9.17) is 0 Å². The topological polar surface area (TPSA) is 110 Å². The molecule has 3 amide bonds. The largest absolute Gasteiger partial charge is 0.322 e. The van der Waals surface area contributed by atoms with Crippen molar-refractivity contribution in [3.8, 4) is 0 Å². The van der Waals surface area contributed by atoms with Crippen molar-refractivity contribution in [1.29, 1.82) is 0 Å². The first-order valence-electron chi connectivity index (χ1n) is 10.3. The number of nitrogens with one attached hydrogen (secondary N) is 1. The van der Waals surface area contributed by atoms with Gasteiger partial charge >= 0.3 is 0 Å². The third kappa shape index (κ3) is 5.05. The molecule has 0 aliphatic carbocycles. The van der Waals surface area contributed by atoms with Gasteiger partial charge in [-0.05, 0) is 59.7 Å². The molecular formula is C25H19N3O5S. The Morgan fingerprint density at radius 1 is 1.06 bits per heavy atom. The van der Waals surface area contributed by atoms with Crippen LogP contribution in [0.4, 0.5) is 16.2 Å². The molecule has 4 rings (SSSR count). The normalized spacial score (nSPS) is 14.5. The zero-order valence-corrected chi connectivity index (χ0v) is 18.9. The summed E-state index contributed by atoms with van der Waals surface area (Å²) in [5.41, 5.74) is 3.18. The second kappa shape index (κ2) is 9.72. The van der Waals surface area contributed by atoms with Crippen LogP contribution in [0.5, 0.6) is 0 Å². The molecule has 3 aromatic carbocycles. The maximum Gasteiger partial charge on any atom is 0.293 e. The zero-order chi connectivity index (χ0) is 24.2. The molecule has 0 radical (unpaired) electrons. The number of nitro benzene ring substituents is 1. The van der Waals surface area contributed by atoms with Crippen LogP contribution in [-0.2, 0) is 11.3 Å². The number of benzene rings is 3. The van der Waals surface area contributed by atoms with Crippen molar-refractivity contribution < 1.29 is 19.3 Å². The van der Waals surface area contributed by atoms with Crippen LogP contribution in [0.2, 0.25) is 0 Å². The van der Waals surface area contributed by atoms with Gasteiger partial charge in [0.1, 0.15) is 0 Å². The Morgan fingerprint density at radius 2 is 1.79 bits per heavy atom. The van der Waals surface area contributed by atoms with Gasteiger partial charge in [-0.1, -0.05) is 42.5 Å². The van der Waals surface area contributed by atoms with Crippen molar-refractivity contribution >= 4 is 46.3 Å². The first-order valence-corrected chi connectivity index (χ1v) is 11.1. The van der Waals surface area contributed by atoms with E-state index in [2.05, 4.69) is 5.32 Å². The number of nitro groups is 1. The predicted molar refractivity (Wildman–Crippen MR) is 130 cm³/mol. The smallest absolute Gasteiger partial charge is 0.293 e. The molecule has 34 heavy (non-hydrogen) atoms. The Hall–Kier alpha value is -4.24. The molecule has 1 saturated heterocycles. The summed E-state index contributed by atoms with van der Waals surface area (Å²) in [5, 5.41) is 13.4. The molecule has 0 aromatic heterocycles. The maximum atomic E-state index is 12.8. The van der Waals surface area contributed by atoms with Crippen molar-refractivity contribution in [2.24, 2.45) is 0 Å². The Labute approximate surface area is 199 Å². The van der Waals surface area contributed by atoms with Crippen LogP contribution in [0.3, 0.4) is 0 Å². The molecule has 1 fully saturated rings. The number of rotatable bonds is 6. The summed E-state index contributed by atoms with van der Waals surface area (Å²) in [6, 6.07) is 20.0. The van der Waals surface area contributed by atoms with Crippen LogP contribution in [0.15, 0.2) is 77.7 Å². The van der Waals surface area contributed by atoms with Crippen LogP contribution in [-0.4, -0.2) is 26.9 Å². The van der Waals surface area contributed by atoms with Gasteiger partial charge in [0.25, 0.3) is 22.7 Å². The Balaban J connectivity index is 1.44. The molecule has 1 aliphatic heterocycles. The summed E-state index contributed by atoms with van der Waals surface area (Å²) >= 11 is 0.785. The average Bonchev–Trinajstić information content (AvgIpc) is 3.08. The Kier molecular flexibility index (Phi) is 6.55. The van der Waals surface area contributed by atoms with Gasteiger partial charge in [-0.2, -0.15) is 0 Å². The van der Waals surface area contributed by atoms with Gasteiger partial charge < -0.3 is 5.32 Å². The maximum absolute atomic E-state index is 12.8. The van der Waals surface area contributed by atoms with Gasteiger partial charge in [-0.25, -0.2) is 0 Å². The molecule has 170 valence electrons. The van der Waals surface area contributed by atoms with Crippen LogP contribution in [0.25, 0.3) is 6.08 Å². The molecule has 3 aromatic rings. The molecule has 0 spiro atoms. The van der Waals surface area contributed by atoms with E-state index in [1.807, 2.05) is 31.2 Å². The highest BCUT2D eigenvalue weighted by molar-refractivity contribution is 8.18. The highest BCUT2D eigenvalue weighted by Crippen LogP contribution is 2.33. The Morgan fingerprint density at radius 3 is 2.50 bits per heavy atom. The molecule has 8 nitrogen and oxygen atoms in total. The summed E-state index contributed by atoms with van der Waals surface area (Å²) in [6.45, 7) is 1.96. The van der Waals surface area contributed by atoms with Crippen molar-refractivity contribution in [1.82, 2.24) is 4.90 Å². The van der Waals surface area contributed by atoms with Gasteiger partial charge in [0.05, 0.1) is 16.4 Å². The molecule has 0 saturated carbocycles. The number of aryl methyl sites for hydroxylation is 1. The lowest BCUT2D eigenvalue weighted by molar-refractivity contribution is -0.384. The van der Waals surface area contributed by atoms with Crippen molar-refractivity contribution in [3.05, 3.63) is 110 Å². The molecule has 0 atom stereocenters. The number of hydrogen-bond acceptors (Lipinski definition) is 6. The molecule has 0 bridgehead atoms. The standard InChI is InChI=1S/C25H19N3O5S/c1-16-5-2-3-8-21(16)26-23(29)19-11-9-17(10-12-19)15-27-24(30)22(34-25(27)31)14-18-6-4-7-20(13-18)28(32)33/h2-14H,15H2,1H3,(H,26,29)/b22-14-. The number of carbonyl (C=O) groups is 3. The lowest BCUT2D eigenvalue weighted by atomic mass is 10.1. The van der Waals surface area contributed by atoms with Crippen molar-refractivity contribution in [2.75, 3.05) is 5.32 Å². The van der Waals surface area contributed by atoms with Crippen LogP contribution in [0, 0.1) is 17.0 Å². The summed E-state index contributed by atoms with van der Waals surface area (Å²) in [4.78, 5) is 49.5. The van der Waals surface area contributed by atoms with Gasteiger partial charge in [-0.15, -0.1) is 0 Å². The summed E-state index contributed by atoms with van der Waals surface area (Å²) in [7, 11) is 0. The summed E-state index contributed by atoms with van der Waals surface area (Å²) in [5.74, 6) is -0.727. The Bertz CT molecular complexity index is 1330. The fourth-order valence-electron chi connectivity index (χ4n) is 3.37. The van der Waals surface area contributed by atoms with E-state index < -0.39 is 16.1 Å². The number of imide groups is 1. The number of amides is 3. The highest BCUT2D eigenvalue weighted by atomic mass is 32.2. The average molecular weight is 474 g/mol. The minimum Gasteiger partial charge on any atom is -0.322 e. The fraction of sp³-hybridized carbons (Fsp3) is 0.0800. The third-order valence-corrected chi connectivity index (χ3v) is 6.11. The van der Waals surface area contributed by atoms with Crippen LogP contribution in [0.1, 0.15) is 27.0 Å². The number of para-hydroxylation sites is 1. The lowest BCUT2D eigenvalue weighted by Gasteiger charge is -2.13. The SMILES string of the molecule is Cc1ccccc1NC(=O)c1ccc(CN2C(=O)S/C(=C\c3cccc([N+](=O)[O-])c3)C2=O)cc1. The number of nitrogens with zero attached hydrogens (tertiary/aromatic N) is 2. The van der Waals surface area contributed by atoms with Gasteiger partial charge in [0, 0.05) is 23.4 Å². The second-order valence-electron chi connectivity index (χ2n) is 7.59. The van der Waals surface area contributed by atoms with E-state index >= 15 is 0 Å².